The first-order valence-electron chi connectivity index (χ1n) is 5.62. The van der Waals surface area contributed by atoms with Gasteiger partial charge in [0, 0.05) is 6.04 Å². The molecule has 17 heavy (non-hydrogen) atoms. The minimum atomic E-state index is -1.16. The Labute approximate surface area is 100 Å². The van der Waals surface area contributed by atoms with Crippen LogP contribution in [0.4, 0.5) is 4.79 Å². The van der Waals surface area contributed by atoms with E-state index in [1.165, 1.54) is 6.42 Å². The lowest BCUT2D eigenvalue weighted by Crippen LogP contribution is -2.48. The summed E-state index contributed by atoms with van der Waals surface area (Å²) in [6.45, 7) is 0. The minimum Gasteiger partial charge on any atom is -0.335 e. The Morgan fingerprint density at radius 2 is 1.94 bits per heavy atom. The zero-order valence-electron chi connectivity index (χ0n) is 9.49. The molecule has 0 saturated heterocycles. The summed E-state index contributed by atoms with van der Waals surface area (Å²) >= 11 is 0. The van der Waals surface area contributed by atoms with E-state index in [0.717, 1.165) is 25.7 Å². The van der Waals surface area contributed by atoms with Gasteiger partial charge in [-0.05, 0) is 12.8 Å². The standard InChI is InChI=1S/C11H15N5O/c12-6-9(14)10(7-13)16-11(17)15-8-4-2-1-3-5-8/h8,10,14H,1-5H2,(H2,15,16,17). The van der Waals surface area contributed by atoms with Gasteiger partial charge in [0.1, 0.15) is 11.8 Å². The van der Waals surface area contributed by atoms with E-state index in [9.17, 15) is 4.79 Å². The fraction of sp³-hybridized carbons (Fsp3) is 0.636. The highest BCUT2D eigenvalue weighted by atomic mass is 16.2. The van der Waals surface area contributed by atoms with Crippen LogP contribution in [0.25, 0.3) is 0 Å². The molecule has 1 atom stereocenters. The van der Waals surface area contributed by atoms with E-state index in [0.29, 0.717) is 0 Å². The zero-order chi connectivity index (χ0) is 12.7. The van der Waals surface area contributed by atoms with Crippen molar-refractivity contribution in [2.75, 3.05) is 0 Å². The Balaban J connectivity index is 2.40. The molecule has 2 amide bonds. The topological polar surface area (TPSA) is 113 Å². The lowest BCUT2D eigenvalue weighted by Gasteiger charge is -2.23. The largest absolute Gasteiger partial charge is 0.335 e. The van der Waals surface area contributed by atoms with Crippen LogP contribution in [0.5, 0.6) is 0 Å². The summed E-state index contributed by atoms with van der Waals surface area (Å²) in [6.07, 6.45) is 5.28. The molecule has 6 heteroatoms. The summed E-state index contributed by atoms with van der Waals surface area (Å²) in [5, 5.41) is 29.4. The normalized spacial score (nSPS) is 17.3. The van der Waals surface area contributed by atoms with Crippen molar-refractivity contribution in [3.8, 4) is 12.1 Å². The molecule has 0 radical (unpaired) electrons. The number of hydrogen-bond acceptors (Lipinski definition) is 4. The lowest BCUT2D eigenvalue weighted by molar-refractivity contribution is 0.232. The van der Waals surface area contributed by atoms with Gasteiger partial charge in [-0.3, -0.25) is 5.41 Å². The average molecular weight is 233 g/mol. The summed E-state index contributed by atoms with van der Waals surface area (Å²) in [4.78, 5) is 11.5. The van der Waals surface area contributed by atoms with Crippen LogP contribution in [-0.4, -0.2) is 23.8 Å². The number of amides is 2. The molecule has 1 aliphatic carbocycles. The number of carbonyl (C=O) groups excluding carboxylic acids is 1. The number of hydrogen-bond donors (Lipinski definition) is 3. The van der Waals surface area contributed by atoms with Crippen LogP contribution in [0.1, 0.15) is 32.1 Å². The Hall–Kier alpha value is -2.08. The highest BCUT2D eigenvalue weighted by molar-refractivity contribution is 6.03. The summed E-state index contributed by atoms with van der Waals surface area (Å²) in [7, 11) is 0. The van der Waals surface area contributed by atoms with Gasteiger partial charge in [-0.1, -0.05) is 19.3 Å². The first kappa shape index (κ1) is 13.0. The fourth-order valence-corrected chi connectivity index (χ4v) is 1.84. The minimum absolute atomic E-state index is 0.138. The van der Waals surface area contributed by atoms with E-state index in [1.54, 1.807) is 12.1 Å². The maximum atomic E-state index is 11.5. The molecule has 1 aliphatic rings. The van der Waals surface area contributed by atoms with Crippen LogP contribution in [0.3, 0.4) is 0 Å². The number of nitrogens with one attached hydrogen (secondary N) is 3. The molecule has 0 heterocycles. The Kier molecular flexibility index (Phi) is 4.96. The molecule has 0 bridgehead atoms. The fourth-order valence-electron chi connectivity index (χ4n) is 1.84. The van der Waals surface area contributed by atoms with Crippen molar-refractivity contribution >= 4 is 11.7 Å². The van der Waals surface area contributed by atoms with Crippen molar-refractivity contribution in [3.05, 3.63) is 0 Å². The third-order valence-electron chi connectivity index (χ3n) is 2.75. The van der Waals surface area contributed by atoms with E-state index in [1.807, 2.05) is 0 Å². The van der Waals surface area contributed by atoms with Crippen LogP contribution in [0, 0.1) is 28.1 Å². The van der Waals surface area contributed by atoms with Crippen LogP contribution in [-0.2, 0) is 0 Å². The van der Waals surface area contributed by atoms with Gasteiger partial charge >= 0.3 is 6.03 Å². The maximum Gasteiger partial charge on any atom is 0.316 e. The number of nitrogens with zero attached hydrogens (tertiary/aromatic N) is 2. The molecular formula is C11H15N5O. The van der Waals surface area contributed by atoms with E-state index >= 15 is 0 Å². The number of rotatable bonds is 3. The van der Waals surface area contributed by atoms with E-state index in [4.69, 9.17) is 15.9 Å². The molecule has 0 spiro atoms. The molecule has 90 valence electrons. The van der Waals surface area contributed by atoms with Crippen molar-refractivity contribution in [1.82, 2.24) is 10.6 Å². The molecule has 3 N–H and O–H groups in total. The SMILES string of the molecule is N#CC(=N)C(C#N)NC(=O)NC1CCCCC1. The molecule has 6 nitrogen and oxygen atoms in total. The predicted octanol–water partition coefficient (Wildman–Crippen LogP) is 1.05. The zero-order valence-corrected chi connectivity index (χ0v) is 9.49. The van der Waals surface area contributed by atoms with Gasteiger partial charge in [-0.2, -0.15) is 10.5 Å². The van der Waals surface area contributed by atoms with Gasteiger partial charge in [0.25, 0.3) is 0 Å². The van der Waals surface area contributed by atoms with Gasteiger partial charge in [-0.15, -0.1) is 0 Å². The van der Waals surface area contributed by atoms with Gasteiger partial charge in [0.05, 0.1) is 6.07 Å². The molecule has 1 rings (SSSR count). The van der Waals surface area contributed by atoms with Gasteiger partial charge in [-0.25, -0.2) is 4.79 Å². The number of carbonyl (C=O) groups is 1. The number of urea groups is 1. The highest BCUT2D eigenvalue weighted by Crippen LogP contribution is 2.17. The molecule has 0 aromatic carbocycles. The van der Waals surface area contributed by atoms with Gasteiger partial charge in [0.15, 0.2) is 6.04 Å². The lowest BCUT2D eigenvalue weighted by atomic mass is 9.96. The first-order valence-corrected chi connectivity index (χ1v) is 5.62. The molecule has 1 fully saturated rings. The average Bonchev–Trinajstić information content (AvgIpc) is 2.36. The molecule has 0 aromatic heterocycles. The Morgan fingerprint density at radius 3 is 2.47 bits per heavy atom. The third kappa shape index (κ3) is 4.12. The second-order valence-electron chi connectivity index (χ2n) is 4.04. The van der Waals surface area contributed by atoms with Crippen molar-refractivity contribution < 1.29 is 4.79 Å². The van der Waals surface area contributed by atoms with Gasteiger partial charge in [0.2, 0.25) is 0 Å². The van der Waals surface area contributed by atoms with Crippen molar-refractivity contribution in [2.45, 2.75) is 44.2 Å². The van der Waals surface area contributed by atoms with Crippen LogP contribution in [0.15, 0.2) is 0 Å². The molecule has 0 aliphatic heterocycles. The second kappa shape index (κ2) is 6.49. The van der Waals surface area contributed by atoms with E-state index in [2.05, 4.69) is 10.6 Å². The maximum absolute atomic E-state index is 11.5. The first-order chi connectivity index (χ1) is 8.17. The molecule has 1 unspecified atom stereocenters. The van der Waals surface area contributed by atoms with E-state index < -0.39 is 17.8 Å². The second-order valence-corrected chi connectivity index (χ2v) is 4.04. The summed E-state index contributed by atoms with van der Waals surface area (Å²) in [5.41, 5.74) is -0.453. The Bertz CT molecular complexity index is 372. The third-order valence-corrected chi connectivity index (χ3v) is 2.75. The highest BCUT2D eigenvalue weighted by Gasteiger charge is 2.19. The molecular weight excluding hydrogens is 218 g/mol. The monoisotopic (exact) mass is 233 g/mol. The summed E-state index contributed by atoms with van der Waals surface area (Å²) in [5.74, 6) is 0. The quantitative estimate of drug-likeness (QED) is 0.633. The summed E-state index contributed by atoms with van der Waals surface area (Å²) < 4.78 is 0. The van der Waals surface area contributed by atoms with Crippen molar-refractivity contribution in [2.24, 2.45) is 0 Å². The number of nitriles is 2. The molecule has 0 aromatic rings. The van der Waals surface area contributed by atoms with Gasteiger partial charge < -0.3 is 10.6 Å². The predicted molar refractivity (Wildman–Crippen MR) is 61.3 cm³/mol. The van der Waals surface area contributed by atoms with Crippen LogP contribution < -0.4 is 10.6 Å². The summed E-state index contributed by atoms with van der Waals surface area (Å²) in [6, 6.07) is 1.74. The van der Waals surface area contributed by atoms with Crippen LogP contribution >= 0.6 is 0 Å². The van der Waals surface area contributed by atoms with Crippen molar-refractivity contribution in [1.29, 1.82) is 15.9 Å². The van der Waals surface area contributed by atoms with E-state index in [-0.39, 0.29) is 6.04 Å². The van der Waals surface area contributed by atoms with Crippen molar-refractivity contribution in [3.63, 3.8) is 0 Å². The Morgan fingerprint density at radius 1 is 1.29 bits per heavy atom. The molecule has 1 saturated carbocycles. The van der Waals surface area contributed by atoms with Crippen LogP contribution in [0.2, 0.25) is 0 Å². The smallest absolute Gasteiger partial charge is 0.316 e.